The molecule has 4 fully saturated rings. The number of aryl methyl sites for hydroxylation is 1. The lowest BCUT2D eigenvalue weighted by Gasteiger charge is -2.42. The molecule has 264 valence electrons. The summed E-state index contributed by atoms with van der Waals surface area (Å²) in [4.78, 5) is 33.6. The van der Waals surface area contributed by atoms with Crippen molar-refractivity contribution in [1.82, 2.24) is 24.8 Å². The van der Waals surface area contributed by atoms with Crippen molar-refractivity contribution in [3.05, 3.63) is 35.8 Å². The van der Waals surface area contributed by atoms with Crippen LogP contribution in [-0.2, 0) is 4.74 Å². The number of halogens is 2. The van der Waals surface area contributed by atoms with Gasteiger partial charge in [-0.1, -0.05) is 25.5 Å². The molecule has 3 aromatic rings. The van der Waals surface area contributed by atoms with E-state index in [-0.39, 0.29) is 42.0 Å². The molecule has 2 unspecified atom stereocenters. The van der Waals surface area contributed by atoms with Gasteiger partial charge in [0.05, 0.1) is 29.6 Å². The molecule has 4 saturated heterocycles. The van der Waals surface area contributed by atoms with Crippen LogP contribution in [-0.4, -0.2) is 99.6 Å². The Balaban J connectivity index is 1.27. The highest BCUT2D eigenvalue weighted by atomic mass is 19.1. The molecule has 49 heavy (non-hydrogen) atoms. The lowest BCUT2D eigenvalue weighted by molar-refractivity contribution is 0.0122. The Hall–Kier alpha value is -3.80. The number of aromatic nitrogens is 3. The van der Waals surface area contributed by atoms with Gasteiger partial charge in [0, 0.05) is 37.8 Å². The monoisotopic (exact) mass is 678 g/mol. The number of amides is 1. The molecule has 7 rings (SSSR count). The number of ether oxygens (including phenoxy) is 3. The molecule has 4 aliphatic heterocycles. The van der Waals surface area contributed by atoms with Crippen LogP contribution in [0.15, 0.2) is 24.4 Å². The molecular formula is C37H48F2N6O4. The van der Waals surface area contributed by atoms with Crippen LogP contribution in [0.2, 0.25) is 0 Å². The predicted molar refractivity (Wildman–Crippen MR) is 184 cm³/mol. The first kappa shape index (κ1) is 33.7. The van der Waals surface area contributed by atoms with Gasteiger partial charge >= 0.3 is 12.1 Å². The molecule has 0 saturated carbocycles. The van der Waals surface area contributed by atoms with Crippen molar-refractivity contribution in [2.24, 2.45) is 0 Å². The zero-order valence-electron chi connectivity index (χ0n) is 29.3. The largest absolute Gasteiger partial charge is 0.493 e. The van der Waals surface area contributed by atoms with E-state index in [4.69, 9.17) is 19.2 Å². The van der Waals surface area contributed by atoms with Crippen LogP contribution in [0.4, 0.5) is 19.4 Å². The van der Waals surface area contributed by atoms with Crippen molar-refractivity contribution in [1.29, 1.82) is 0 Å². The van der Waals surface area contributed by atoms with Crippen LogP contribution in [0.3, 0.4) is 0 Å². The van der Waals surface area contributed by atoms with Crippen molar-refractivity contribution in [3.63, 3.8) is 0 Å². The van der Waals surface area contributed by atoms with E-state index in [1.807, 2.05) is 50.8 Å². The molecule has 2 aromatic heterocycles. The summed E-state index contributed by atoms with van der Waals surface area (Å²) in [6, 6.07) is 5.54. The lowest BCUT2D eigenvalue weighted by atomic mass is 9.95. The molecule has 6 heterocycles. The normalized spacial score (nSPS) is 25.2. The van der Waals surface area contributed by atoms with E-state index in [1.165, 1.54) is 0 Å². The van der Waals surface area contributed by atoms with Gasteiger partial charge in [0.25, 0.3) is 0 Å². The van der Waals surface area contributed by atoms with Gasteiger partial charge in [-0.3, -0.25) is 14.8 Å². The molecule has 4 aliphatic rings. The van der Waals surface area contributed by atoms with Crippen LogP contribution in [0, 0.1) is 12.7 Å². The van der Waals surface area contributed by atoms with E-state index in [9.17, 15) is 9.18 Å². The molecule has 1 amide bonds. The summed E-state index contributed by atoms with van der Waals surface area (Å²) in [6.45, 7) is 12.6. The van der Waals surface area contributed by atoms with Crippen LogP contribution >= 0.6 is 0 Å². The second kappa shape index (κ2) is 13.2. The van der Waals surface area contributed by atoms with Crippen molar-refractivity contribution >= 4 is 22.8 Å². The average molecular weight is 679 g/mol. The smallest absolute Gasteiger partial charge is 0.410 e. The molecule has 0 N–H and O–H groups in total. The summed E-state index contributed by atoms with van der Waals surface area (Å²) in [5.41, 5.74) is 0.666. The second-order valence-corrected chi connectivity index (χ2v) is 15.2. The first-order valence-electron chi connectivity index (χ1n) is 17.8. The number of pyridine rings is 1. The number of nitrogens with zero attached hydrogens (tertiary/aromatic N) is 6. The van der Waals surface area contributed by atoms with Crippen molar-refractivity contribution in [3.8, 4) is 23.0 Å². The minimum absolute atomic E-state index is 0.0493. The number of benzene rings is 1. The zero-order valence-corrected chi connectivity index (χ0v) is 29.3. The molecule has 10 nitrogen and oxygen atoms in total. The Morgan fingerprint density at radius 3 is 2.61 bits per heavy atom. The SMILES string of the molecule is CCCCOc1cccc(C)c1-c1ncc2c(N3CC4CCC(C3)N4C(=O)OC(C)(C)C)nc(OC[C@@]34CCCN3C[C@H](F)C4)nc2c1F. The van der Waals surface area contributed by atoms with E-state index in [0.29, 0.717) is 55.2 Å². The number of rotatable bonds is 9. The Labute approximate surface area is 287 Å². The first-order valence-corrected chi connectivity index (χ1v) is 17.8. The second-order valence-electron chi connectivity index (χ2n) is 15.2. The van der Waals surface area contributed by atoms with Gasteiger partial charge in [-0.15, -0.1) is 0 Å². The Morgan fingerprint density at radius 1 is 1.10 bits per heavy atom. The van der Waals surface area contributed by atoms with Crippen molar-refractivity contribution < 1.29 is 27.8 Å². The topological polar surface area (TPSA) is 93.2 Å². The van der Waals surface area contributed by atoms with E-state index < -0.39 is 23.1 Å². The summed E-state index contributed by atoms with van der Waals surface area (Å²) in [6.07, 6.45) is 6.16. The number of carbonyl (C=O) groups excluding carboxylic acids is 1. The molecule has 0 aliphatic carbocycles. The Kier molecular flexibility index (Phi) is 9.04. The van der Waals surface area contributed by atoms with Gasteiger partial charge in [0.1, 0.15) is 41.2 Å². The fourth-order valence-corrected chi connectivity index (χ4v) is 8.23. The number of unbranched alkanes of at least 4 members (excludes halogenated alkanes) is 1. The Bertz CT molecular complexity index is 1700. The summed E-state index contributed by atoms with van der Waals surface area (Å²) in [5.74, 6) is 0.502. The van der Waals surface area contributed by atoms with Crippen LogP contribution in [0.25, 0.3) is 22.2 Å². The zero-order chi connectivity index (χ0) is 34.5. The number of hydrogen-bond donors (Lipinski definition) is 0. The molecule has 0 spiro atoms. The average Bonchev–Trinajstić information content (AvgIpc) is 3.66. The summed E-state index contributed by atoms with van der Waals surface area (Å²) in [5, 5.41) is 0.464. The van der Waals surface area contributed by atoms with Gasteiger partial charge in [-0.25, -0.2) is 13.6 Å². The maximum atomic E-state index is 16.9. The standard InChI is InChI=1S/C37H48F2N6O4/c1-6-7-16-47-28-11-8-10-23(2)29(28)32-30(39)31-27(18-40-32)33(42-34(41-31)48-22-37-14-9-15-44(37)19-24(38)17-37)43-20-25-12-13-26(21-43)45(25)35(46)49-36(3,4)5/h8,10-11,18,24-26H,6-7,9,12-17,19-22H2,1-5H3/t24-,25?,26?,37+/m1/s1. The van der Waals surface area contributed by atoms with Crippen molar-refractivity contribution in [2.75, 3.05) is 44.3 Å². The minimum atomic E-state index is -0.900. The highest BCUT2D eigenvalue weighted by Gasteiger charge is 2.50. The maximum absolute atomic E-state index is 16.9. The van der Waals surface area contributed by atoms with Crippen LogP contribution < -0.4 is 14.4 Å². The number of hydrogen-bond acceptors (Lipinski definition) is 9. The first-order chi connectivity index (χ1) is 23.5. The lowest BCUT2D eigenvalue weighted by Crippen LogP contribution is -2.57. The fourth-order valence-electron chi connectivity index (χ4n) is 8.23. The van der Waals surface area contributed by atoms with Gasteiger partial charge in [-0.2, -0.15) is 9.97 Å². The molecule has 0 radical (unpaired) electrons. The third-order valence-electron chi connectivity index (χ3n) is 10.5. The van der Waals surface area contributed by atoms with Gasteiger partial charge < -0.3 is 19.1 Å². The molecule has 4 atom stereocenters. The van der Waals surface area contributed by atoms with E-state index in [0.717, 1.165) is 50.6 Å². The van der Waals surface area contributed by atoms with Gasteiger partial charge in [0.15, 0.2) is 5.82 Å². The van der Waals surface area contributed by atoms with Crippen LogP contribution in [0.1, 0.15) is 78.2 Å². The number of carbonyl (C=O) groups is 1. The highest BCUT2D eigenvalue weighted by molar-refractivity contribution is 5.93. The number of fused-ring (bicyclic) bond motifs is 4. The number of anilines is 1. The van der Waals surface area contributed by atoms with E-state index in [1.54, 1.807) is 6.20 Å². The molecule has 1 aromatic carbocycles. The third kappa shape index (κ3) is 6.48. The minimum Gasteiger partial charge on any atom is -0.493 e. The molecule has 2 bridgehead atoms. The molecule has 12 heteroatoms. The Morgan fingerprint density at radius 2 is 1.88 bits per heavy atom. The number of piperazine rings is 1. The summed E-state index contributed by atoms with van der Waals surface area (Å²) < 4.78 is 49.7. The van der Waals surface area contributed by atoms with E-state index >= 15 is 4.39 Å². The number of alkyl halides is 1. The van der Waals surface area contributed by atoms with Gasteiger partial charge in [0.2, 0.25) is 0 Å². The van der Waals surface area contributed by atoms with Crippen LogP contribution in [0.5, 0.6) is 11.8 Å². The quantitative estimate of drug-likeness (QED) is 0.225. The highest BCUT2D eigenvalue weighted by Crippen LogP contribution is 2.42. The summed E-state index contributed by atoms with van der Waals surface area (Å²) >= 11 is 0. The van der Waals surface area contributed by atoms with Crippen molar-refractivity contribution in [2.45, 2.75) is 109 Å². The van der Waals surface area contributed by atoms with Gasteiger partial charge in [-0.05, 0) is 78.0 Å². The third-order valence-corrected chi connectivity index (χ3v) is 10.5. The van der Waals surface area contributed by atoms with E-state index in [2.05, 4.69) is 26.7 Å². The maximum Gasteiger partial charge on any atom is 0.410 e. The fraction of sp³-hybridized carbons (Fsp3) is 0.622. The molecular weight excluding hydrogens is 630 g/mol. The predicted octanol–water partition coefficient (Wildman–Crippen LogP) is 6.86. The summed E-state index contributed by atoms with van der Waals surface area (Å²) in [7, 11) is 0.